The van der Waals surface area contributed by atoms with Crippen LogP contribution in [0.4, 0.5) is 0 Å². The number of carbonyl (C=O) groups excluding carboxylic acids is 2. The zero-order valence-corrected chi connectivity index (χ0v) is 10.9. The van der Waals surface area contributed by atoms with Crippen LogP contribution < -0.4 is 0 Å². The van der Waals surface area contributed by atoms with Crippen molar-refractivity contribution in [2.24, 2.45) is 0 Å². The molecule has 0 spiro atoms. The fraction of sp³-hybridized carbons (Fsp3) is 0.500. The average molecular weight is 241 g/mol. The van der Waals surface area contributed by atoms with E-state index < -0.39 is 11.9 Å². The molecule has 0 N–H and O–H groups in total. The zero-order valence-electron chi connectivity index (χ0n) is 10.9. The average Bonchev–Trinajstić information content (AvgIpc) is 2.31. The summed E-state index contributed by atoms with van der Waals surface area (Å²) in [6.45, 7) is 3.46. The van der Waals surface area contributed by atoms with Gasteiger partial charge in [-0.2, -0.15) is 0 Å². The Morgan fingerprint density at radius 2 is 1.53 bits per heavy atom. The molecule has 0 aliphatic heterocycles. The Hall–Kier alpha value is -1.62. The first-order chi connectivity index (χ1) is 7.88. The van der Waals surface area contributed by atoms with Gasteiger partial charge in [0.25, 0.3) is 0 Å². The normalized spacial score (nSPS) is 12.6. The Bertz CT molecular complexity index is 342. The third-order valence-electron chi connectivity index (χ3n) is 1.87. The SMILES string of the molecule is COC(=O)/C(C)=C/C=C(\C)C(=O)OCN(C)C. The largest absolute Gasteiger partial charge is 0.466 e. The summed E-state index contributed by atoms with van der Waals surface area (Å²) in [5.41, 5.74) is 0.849. The first-order valence-electron chi connectivity index (χ1n) is 5.13. The van der Waals surface area contributed by atoms with E-state index in [0.717, 1.165) is 0 Å². The molecule has 0 aliphatic carbocycles. The van der Waals surface area contributed by atoms with Crippen LogP contribution in [0.3, 0.4) is 0 Å². The summed E-state index contributed by atoms with van der Waals surface area (Å²) in [7, 11) is 4.91. The van der Waals surface area contributed by atoms with Gasteiger partial charge in [0.15, 0.2) is 0 Å². The maximum absolute atomic E-state index is 11.4. The zero-order chi connectivity index (χ0) is 13.4. The maximum atomic E-state index is 11.4. The van der Waals surface area contributed by atoms with E-state index in [9.17, 15) is 9.59 Å². The highest BCUT2D eigenvalue weighted by molar-refractivity contribution is 5.90. The van der Waals surface area contributed by atoms with Crippen LogP contribution >= 0.6 is 0 Å². The lowest BCUT2D eigenvalue weighted by molar-refractivity contribution is -0.142. The highest BCUT2D eigenvalue weighted by atomic mass is 16.5. The Morgan fingerprint density at radius 1 is 1.06 bits per heavy atom. The molecular formula is C12H19NO4. The third kappa shape index (κ3) is 6.52. The fourth-order valence-electron chi connectivity index (χ4n) is 0.849. The number of hydrogen-bond donors (Lipinski definition) is 0. The van der Waals surface area contributed by atoms with Gasteiger partial charge in [0.1, 0.15) is 6.73 Å². The van der Waals surface area contributed by atoms with Gasteiger partial charge in [0, 0.05) is 11.1 Å². The summed E-state index contributed by atoms with van der Waals surface area (Å²) in [5.74, 6) is -0.830. The summed E-state index contributed by atoms with van der Waals surface area (Å²) >= 11 is 0. The van der Waals surface area contributed by atoms with Crippen molar-refractivity contribution < 1.29 is 19.1 Å². The van der Waals surface area contributed by atoms with Crippen molar-refractivity contribution >= 4 is 11.9 Å². The molecule has 0 aromatic heterocycles. The lowest BCUT2D eigenvalue weighted by Crippen LogP contribution is -2.19. The van der Waals surface area contributed by atoms with Crippen molar-refractivity contribution in [3.8, 4) is 0 Å². The first kappa shape index (κ1) is 15.4. The molecule has 0 aromatic carbocycles. The lowest BCUT2D eigenvalue weighted by Gasteiger charge is -2.10. The van der Waals surface area contributed by atoms with Crippen molar-refractivity contribution in [1.29, 1.82) is 0 Å². The highest BCUT2D eigenvalue weighted by Crippen LogP contribution is 2.01. The molecule has 0 rings (SSSR count). The Morgan fingerprint density at radius 3 is 1.94 bits per heavy atom. The molecular weight excluding hydrogens is 222 g/mol. The van der Waals surface area contributed by atoms with Crippen LogP contribution in [-0.2, 0) is 19.1 Å². The summed E-state index contributed by atoms with van der Waals surface area (Å²) < 4.78 is 9.48. The summed E-state index contributed by atoms with van der Waals surface area (Å²) in [5, 5.41) is 0. The van der Waals surface area contributed by atoms with E-state index in [1.807, 2.05) is 0 Å². The molecule has 0 saturated heterocycles. The number of carbonyl (C=O) groups is 2. The number of allylic oxidation sites excluding steroid dienone is 2. The smallest absolute Gasteiger partial charge is 0.335 e. The van der Waals surface area contributed by atoms with Gasteiger partial charge in [-0.1, -0.05) is 12.2 Å². The topological polar surface area (TPSA) is 55.8 Å². The van der Waals surface area contributed by atoms with Gasteiger partial charge >= 0.3 is 11.9 Å². The molecule has 0 saturated carbocycles. The molecule has 0 atom stereocenters. The molecule has 0 radical (unpaired) electrons. The first-order valence-corrected chi connectivity index (χ1v) is 5.13. The molecule has 0 aromatic rings. The van der Waals surface area contributed by atoms with E-state index in [2.05, 4.69) is 4.74 Å². The van der Waals surface area contributed by atoms with Crippen molar-refractivity contribution in [3.05, 3.63) is 23.3 Å². The standard InChI is InChI=1S/C12H19NO4/c1-9(11(14)16-5)6-7-10(2)12(15)17-8-13(3)4/h6-7H,8H2,1-5H3/b9-6+,10-7+. The minimum absolute atomic E-state index is 0.226. The number of rotatable bonds is 5. The fourth-order valence-corrected chi connectivity index (χ4v) is 0.849. The van der Waals surface area contributed by atoms with Gasteiger partial charge in [0.05, 0.1) is 7.11 Å². The van der Waals surface area contributed by atoms with Gasteiger partial charge in [0.2, 0.25) is 0 Å². The Kier molecular flexibility index (Phi) is 6.89. The van der Waals surface area contributed by atoms with Crippen molar-refractivity contribution in [2.75, 3.05) is 27.9 Å². The van der Waals surface area contributed by atoms with Crippen molar-refractivity contribution in [2.45, 2.75) is 13.8 Å². The predicted octanol–water partition coefficient (Wildman–Crippen LogP) is 1.11. The molecule has 0 unspecified atom stereocenters. The number of ether oxygens (including phenoxy) is 2. The second-order valence-electron chi connectivity index (χ2n) is 3.83. The van der Waals surface area contributed by atoms with E-state index in [4.69, 9.17) is 4.74 Å². The van der Waals surface area contributed by atoms with Crippen LogP contribution in [0.5, 0.6) is 0 Å². The molecule has 96 valence electrons. The molecule has 0 aliphatic rings. The minimum atomic E-state index is -0.421. The summed E-state index contributed by atoms with van der Waals surface area (Å²) in [4.78, 5) is 24.2. The molecule has 17 heavy (non-hydrogen) atoms. The van der Waals surface area contributed by atoms with E-state index in [1.54, 1.807) is 32.8 Å². The Labute approximate surface area is 102 Å². The van der Waals surface area contributed by atoms with Gasteiger partial charge in [-0.3, -0.25) is 4.90 Å². The van der Waals surface area contributed by atoms with Crippen LogP contribution in [0.15, 0.2) is 23.3 Å². The highest BCUT2D eigenvalue weighted by Gasteiger charge is 2.06. The molecule has 5 nitrogen and oxygen atoms in total. The number of hydrogen-bond acceptors (Lipinski definition) is 5. The van der Waals surface area contributed by atoms with E-state index in [-0.39, 0.29) is 6.73 Å². The van der Waals surface area contributed by atoms with E-state index in [0.29, 0.717) is 11.1 Å². The monoisotopic (exact) mass is 241 g/mol. The second kappa shape index (κ2) is 7.62. The second-order valence-corrected chi connectivity index (χ2v) is 3.83. The van der Waals surface area contributed by atoms with Gasteiger partial charge in [-0.15, -0.1) is 0 Å². The van der Waals surface area contributed by atoms with Gasteiger partial charge in [-0.25, -0.2) is 9.59 Å². The quantitative estimate of drug-likeness (QED) is 0.312. The lowest BCUT2D eigenvalue weighted by atomic mass is 10.2. The van der Waals surface area contributed by atoms with Gasteiger partial charge < -0.3 is 9.47 Å². The van der Waals surface area contributed by atoms with Crippen LogP contribution in [0.25, 0.3) is 0 Å². The molecule has 5 heteroatoms. The van der Waals surface area contributed by atoms with Crippen LogP contribution in [-0.4, -0.2) is 44.8 Å². The molecule has 0 amide bonds. The van der Waals surface area contributed by atoms with Crippen LogP contribution in [0, 0.1) is 0 Å². The molecule has 0 bridgehead atoms. The van der Waals surface area contributed by atoms with Crippen LogP contribution in [0.1, 0.15) is 13.8 Å². The third-order valence-corrected chi connectivity index (χ3v) is 1.87. The van der Waals surface area contributed by atoms with Crippen LogP contribution in [0.2, 0.25) is 0 Å². The number of nitrogens with zero attached hydrogens (tertiary/aromatic N) is 1. The van der Waals surface area contributed by atoms with Crippen molar-refractivity contribution in [3.63, 3.8) is 0 Å². The number of esters is 2. The summed E-state index contributed by atoms with van der Waals surface area (Å²) in [6.07, 6.45) is 3.06. The molecule has 0 heterocycles. The maximum Gasteiger partial charge on any atom is 0.335 e. The molecule has 0 fully saturated rings. The van der Waals surface area contributed by atoms with Gasteiger partial charge in [-0.05, 0) is 27.9 Å². The van der Waals surface area contributed by atoms with E-state index in [1.165, 1.54) is 19.3 Å². The Balaban J connectivity index is 4.44. The van der Waals surface area contributed by atoms with Crippen molar-refractivity contribution in [1.82, 2.24) is 4.90 Å². The minimum Gasteiger partial charge on any atom is -0.466 e. The van der Waals surface area contributed by atoms with E-state index >= 15 is 0 Å². The predicted molar refractivity (Wildman–Crippen MR) is 64.2 cm³/mol. The number of methoxy groups -OCH3 is 1. The summed E-state index contributed by atoms with van der Waals surface area (Å²) in [6, 6.07) is 0.